The van der Waals surface area contributed by atoms with Crippen LogP contribution in [0.4, 0.5) is 0 Å². The van der Waals surface area contributed by atoms with Gasteiger partial charge in [-0.05, 0) is 34.4 Å². The predicted octanol–water partition coefficient (Wildman–Crippen LogP) is 4.90. The molecular weight excluding hydrogens is 256 g/mol. The maximum Gasteiger partial charge on any atom is 0.0818 e. The number of hydrogen-bond donors (Lipinski definition) is 1. The minimum absolute atomic E-state index is 0.188. The largest absolute Gasteiger partial charge is 0.388 e. The van der Waals surface area contributed by atoms with Gasteiger partial charge in [-0.15, -0.1) is 0 Å². The summed E-state index contributed by atoms with van der Waals surface area (Å²) in [5.74, 6) is 0.202. The lowest BCUT2D eigenvalue weighted by atomic mass is 9.85. The van der Waals surface area contributed by atoms with E-state index in [1.165, 1.54) is 11.1 Å². The molecule has 1 nitrogen and oxygen atoms in total. The highest BCUT2D eigenvalue weighted by atomic mass is 16.3. The van der Waals surface area contributed by atoms with Gasteiger partial charge in [0.1, 0.15) is 0 Å². The van der Waals surface area contributed by atoms with E-state index < -0.39 is 6.10 Å². The Morgan fingerprint density at radius 2 is 1.48 bits per heavy atom. The zero-order chi connectivity index (χ0) is 15.5. The molecule has 0 heterocycles. The van der Waals surface area contributed by atoms with Crippen LogP contribution in [0.2, 0.25) is 0 Å². The van der Waals surface area contributed by atoms with Crippen LogP contribution in [-0.2, 0) is 11.8 Å². The Balaban J connectivity index is 2.04. The van der Waals surface area contributed by atoms with Gasteiger partial charge in [-0.25, -0.2) is 0 Å². The Morgan fingerprint density at radius 3 is 2.00 bits per heavy atom. The number of aliphatic hydroxyl groups excluding tert-OH is 1. The first kappa shape index (κ1) is 15.8. The first-order chi connectivity index (χ1) is 9.88. The van der Waals surface area contributed by atoms with Crippen LogP contribution >= 0.6 is 0 Å². The smallest absolute Gasteiger partial charge is 0.0818 e. The van der Waals surface area contributed by atoms with Gasteiger partial charge in [-0.1, -0.05) is 82.3 Å². The number of hydrogen-bond acceptors (Lipinski definition) is 1. The van der Waals surface area contributed by atoms with Crippen LogP contribution in [-0.4, -0.2) is 5.11 Å². The fourth-order valence-corrected chi connectivity index (χ4v) is 2.60. The topological polar surface area (TPSA) is 20.2 Å². The van der Waals surface area contributed by atoms with E-state index in [0.29, 0.717) is 0 Å². The van der Waals surface area contributed by atoms with Crippen molar-refractivity contribution in [2.45, 2.75) is 45.6 Å². The number of benzene rings is 2. The van der Waals surface area contributed by atoms with E-state index in [1.807, 2.05) is 30.3 Å². The number of rotatable bonds is 4. The average Bonchev–Trinajstić information content (AvgIpc) is 2.47. The van der Waals surface area contributed by atoms with E-state index in [-0.39, 0.29) is 11.3 Å². The van der Waals surface area contributed by atoms with Crippen molar-refractivity contribution in [2.24, 2.45) is 5.92 Å². The molecular formula is C20H26O. The summed E-state index contributed by atoms with van der Waals surface area (Å²) in [5, 5.41) is 10.4. The number of aliphatic hydroxyl groups is 1. The molecule has 2 unspecified atom stereocenters. The molecule has 0 saturated heterocycles. The highest BCUT2D eigenvalue weighted by Crippen LogP contribution is 2.26. The molecule has 2 aromatic carbocycles. The zero-order valence-electron chi connectivity index (χ0n) is 13.5. The van der Waals surface area contributed by atoms with Crippen molar-refractivity contribution in [3.63, 3.8) is 0 Å². The molecule has 0 aliphatic rings. The van der Waals surface area contributed by atoms with Gasteiger partial charge >= 0.3 is 0 Å². The third-order valence-electron chi connectivity index (χ3n) is 4.06. The van der Waals surface area contributed by atoms with Crippen molar-refractivity contribution >= 4 is 0 Å². The van der Waals surface area contributed by atoms with Crippen LogP contribution in [0, 0.1) is 5.92 Å². The zero-order valence-corrected chi connectivity index (χ0v) is 13.5. The molecule has 2 aromatic rings. The van der Waals surface area contributed by atoms with Gasteiger partial charge in [0.05, 0.1) is 6.10 Å². The quantitative estimate of drug-likeness (QED) is 0.846. The summed E-state index contributed by atoms with van der Waals surface area (Å²) in [7, 11) is 0. The minimum atomic E-state index is -0.409. The SMILES string of the molecule is CC(Cc1ccc(C(C)(C)C)cc1)C(O)c1ccccc1. The fourth-order valence-electron chi connectivity index (χ4n) is 2.60. The van der Waals surface area contributed by atoms with Gasteiger partial charge in [0.15, 0.2) is 0 Å². The van der Waals surface area contributed by atoms with E-state index in [0.717, 1.165) is 12.0 Å². The van der Waals surface area contributed by atoms with Crippen LogP contribution in [0.3, 0.4) is 0 Å². The third-order valence-corrected chi connectivity index (χ3v) is 4.06. The van der Waals surface area contributed by atoms with Crippen molar-refractivity contribution in [1.29, 1.82) is 0 Å². The Morgan fingerprint density at radius 1 is 0.905 bits per heavy atom. The molecule has 0 amide bonds. The maximum absolute atomic E-state index is 10.4. The molecule has 2 atom stereocenters. The van der Waals surface area contributed by atoms with E-state index in [4.69, 9.17) is 0 Å². The molecule has 0 aliphatic heterocycles. The van der Waals surface area contributed by atoms with Crippen molar-refractivity contribution < 1.29 is 5.11 Å². The van der Waals surface area contributed by atoms with Crippen LogP contribution in [0.15, 0.2) is 54.6 Å². The van der Waals surface area contributed by atoms with E-state index in [9.17, 15) is 5.11 Å². The first-order valence-corrected chi connectivity index (χ1v) is 7.70. The summed E-state index contributed by atoms with van der Waals surface area (Å²) in [5.41, 5.74) is 3.82. The molecule has 21 heavy (non-hydrogen) atoms. The summed E-state index contributed by atoms with van der Waals surface area (Å²) in [6.07, 6.45) is 0.481. The lowest BCUT2D eigenvalue weighted by Crippen LogP contribution is -2.13. The van der Waals surface area contributed by atoms with Crippen molar-refractivity contribution in [2.75, 3.05) is 0 Å². The van der Waals surface area contributed by atoms with Gasteiger partial charge in [-0.2, -0.15) is 0 Å². The molecule has 0 fully saturated rings. The van der Waals surface area contributed by atoms with E-state index in [1.54, 1.807) is 0 Å². The molecule has 0 radical (unpaired) electrons. The molecule has 0 aromatic heterocycles. The fraction of sp³-hybridized carbons (Fsp3) is 0.400. The van der Waals surface area contributed by atoms with E-state index in [2.05, 4.69) is 52.0 Å². The average molecular weight is 282 g/mol. The van der Waals surface area contributed by atoms with Crippen molar-refractivity contribution in [3.8, 4) is 0 Å². The Bertz CT molecular complexity index is 549. The van der Waals surface area contributed by atoms with Gasteiger partial charge < -0.3 is 5.11 Å². The summed E-state index contributed by atoms with van der Waals surface area (Å²) in [6, 6.07) is 18.7. The lowest BCUT2D eigenvalue weighted by molar-refractivity contribution is 0.117. The third kappa shape index (κ3) is 4.18. The van der Waals surface area contributed by atoms with Crippen LogP contribution < -0.4 is 0 Å². The van der Waals surface area contributed by atoms with Crippen molar-refractivity contribution in [1.82, 2.24) is 0 Å². The summed E-state index contributed by atoms with van der Waals surface area (Å²) >= 11 is 0. The molecule has 0 bridgehead atoms. The second-order valence-corrected chi connectivity index (χ2v) is 6.98. The highest BCUT2D eigenvalue weighted by molar-refractivity contribution is 5.28. The Kier molecular flexibility index (Phi) is 4.84. The van der Waals surface area contributed by atoms with Crippen LogP contribution in [0.1, 0.15) is 50.5 Å². The summed E-state index contributed by atoms with van der Waals surface area (Å²) < 4.78 is 0. The minimum Gasteiger partial charge on any atom is -0.388 e. The maximum atomic E-state index is 10.4. The molecule has 112 valence electrons. The van der Waals surface area contributed by atoms with Crippen LogP contribution in [0.5, 0.6) is 0 Å². The van der Waals surface area contributed by atoms with E-state index >= 15 is 0 Å². The first-order valence-electron chi connectivity index (χ1n) is 7.70. The summed E-state index contributed by atoms with van der Waals surface area (Å²) in [6.45, 7) is 8.78. The standard InChI is InChI=1S/C20H26O/c1-15(19(21)17-8-6-5-7-9-17)14-16-10-12-18(13-11-16)20(2,3)4/h5-13,15,19,21H,14H2,1-4H3. The van der Waals surface area contributed by atoms with Gasteiger partial charge in [-0.3, -0.25) is 0 Å². The highest BCUT2D eigenvalue weighted by Gasteiger charge is 2.17. The molecule has 1 N–H and O–H groups in total. The molecule has 0 saturated carbocycles. The van der Waals surface area contributed by atoms with Crippen molar-refractivity contribution in [3.05, 3.63) is 71.3 Å². The van der Waals surface area contributed by atoms with Gasteiger partial charge in [0, 0.05) is 0 Å². The second kappa shape index (κ2) is 6.44. The molecule has 2 rings (SSSR count). The Hall–Kier alpha value is -1.60. The van der Waals surface area contributed by atoms with Crippen LogP contribution in [0.25, 0.3) is 0 Å². The second-order valence-electron chi connectivity index (χ2n) is 6.98. The monoisotopic (exact) mass is 282 g/mol. The summed E-state index contributed by atoms with van der Waals surface area (Å²) in [4.78, 5) is 0. The molecule has 0 aliphatic carbocycles. The molecule has 1 heteroatoms. The van der Waals surface area contributed by atoms with Gasteiger partial charge in [0.25, 0.3) is 0 Å². The Labute approximate surface area is 128 Å². The normalized spacial score (nSPS) is 14.7. The van der Waals surface area contributed by atoms with Gasteiger partial charge in [0.2, 0.25) is 0 Å². The predicted molar refractivity (Wildman–Crippen MR) is 89.4 cm³/mol. The lowest BCUT2D eigenvalue weighted by Gasteiger charge is -2.21. The molecule has 0 spiro atoms.